The highest BCUT2D eigenvalue weighted by molar-refractivity contribution is 7.15. The maximum absolute atomic E-state index is 13.0. The first-order valence-corrected chi connectivity index (χ1v) is 10.6. The Morgan fingerprint density at radius 3 is 2.39 bits per heavy atom. The SMILES string of the molecule is COc1ccc(/C(O)=C2\C(=O)C(=O)N(c3nnc(C)s3)[C@@H]2c2ccc(Cl)c(Cl)c2)cc1. The van der Waals surface area contributed by atoms with Crippen molar-refractivity contribution in [3.05, 3.63) is 74.2 Å². The van der Waals surface area contributed by atoms with Crippen LogP contribution in [0.25, 0.3) is 5.76 Å². The fourth-order valence-corrected chi connectivity index (χ4v) is 4.34. The average molecular weight is 476 g/mol. The van der Waals surface area contributed by atoms with Crippen LogP contribution < -0.4 is 9.64 Å². The highest BCUT2D eigenvalue weighted by Gasteiger charge is 2.48. The molecule has 4 rings (SSSR count). The molecule has 1 atom stereocenters. The Morgan fingerprint density at radius 2 is 1.81 bits per heavy atom. The number of amides is 1. The van der Waals surface area contributed by atoms with E-state index in [1.165, 1.54) is 12.0 Å². The number of Topliss-reactive ketones (excluding diaryl/α,β-unsaturated/α-hetero) is 1. The normalized spacial score (nSPS) is 17.9. The molecule has 2 heterocycles. The fraction of sp³-hybridized carbons (Fsp3) is 0.143. The van der Waals surface area contributed by atoms with Crippen molar-refractivity contribution in [3.8, 4) is 5.75 Å². The van der Waals surface area contributed by atoms with E-state index < -0.39 is 17.7 Å². The number of hydrogen-bond donors (Lipinski definition) is 1. The zero-order valence-electron chi connectivity index (χ0n) is 16.3. The number of rotatable bonds is 4. The molecule has 0 unspecified atom stereocenters. The molecule has 3 aromatic rings. The smallest absolute Gasteiger partial charge is 0.301 e. The third kappa shape index (κ3) is 3.78. The number of benzene rings is 2. The molecule has 0 bridgehead atoms. The lowest BCUT2D eigenvalue weighted by Gasteiger charge is -2.23. The number of hydrogen-bond acceptors (Lipinski definition) is 7. The van der Waals surface area contributed by atoms with E-state index in [4.69, 9.17) is 27.9 Å². The summed E-state index contributed by atoms with van der Waals surface area (Å²) in [7, 11) is 1.52. The van der Waals surface area contributed by atoms with Crippen LogP contribution >= 0.6 is 34.5 Å². The lowest BCUT2D eigenvalue weighted by molar-refractivity contribution is -0.132. The van der Waals surface area contributed by atoms with E-state index in [-0.39, 0.29) is 21.5 Å². The second-order valence-electron chi connectivity index (χ2n) is 6.67. The van der Waals surface area contributed by atoms with Gasteiger partial charge in [-0.15, -0.1) is 10.2 Å². The van der Waals surface area contributed by atoms with Gasteiger partial charge in [-0.05, 0) is 48.9 Å². The fourth-order valence-electron chi connectivity index (χ4n) is 3.32. The Bertz CT molecular complexity index is 1220. The summed E-state index contributed by atoms with van der Waals surface area (Å²) in [6.45, 7) is 1.74. The number of aliphatic hydroxyl groups is 1. The van der Waals surface area contributed by atoms with Crippen molar-refractivity contribution >= 4 is 57.1 Å². The van der Waals surface area contributed by atoms with E-state index in [1.807, 2.05) is 0 Å². The molecular weight excluding hydrogens is 461 g/mol. The maximum Gasteiger partial charge on any atom is 0.301 e. The summed E-state index contributed by atoms with van der Waals surface area (Å²) in [5, 5.41) is 20.5. The summed E-state index contributed by atoms with van der Waals surface area (Å²) in [4.78, 5) is 27.2. The minimum absolute atomic E-state index is 0.0820. The van der Waals surface area contributed by atoms with Crippen LogP contribution in [0.1, 0.15) is 22.2 Å². The number of methoxy groups -OCH3 is 1. The number of aromatic nitrogens is 2. The third-order valence-corrected chi connectivity index (χ3v) is 6.37. The summed E-state index contributed by atoms with van der Waals surface area (Å²) in [6.07, 6.45) is 0. The van der Waals surface area contributed by atoms with Crippen molar-refractivity contribution in [1.29, 1.82) is 0 Å². The minimum Gasteiger partial charge on any atom is -0.507 e. The standard InChI is InChI=1S/C21H15Cl2N3O4S/c1-10-24-25-21(31-10)26-17(12-5-8-14(22)15(23)9-12)16(19(28)20(26)29)18(27)11-3-6-13(30-2)7-4-11/h3-9,17,27H,1-2H3/b18-16+/t17-/m1/s1. The van der Waals surface area contributed by atoms with Crippen LogP contribution in [0.15, 0.2) is 48.0 Å². The second-order valence-corrected chi connectivity index (χ2v) is 8.65. The molecule has 0 spiro atoms. The van der Waals surface area contributed by atoms with E-state index in [0.29, 0.717) is 26.9 Å². The van der Waals surface area contributed by atoms with Crippen molar-refractivity contribution in [2.75, 3.05) is 12.0 Å². The van der Waals surface area contributed by atoms with Gasteiger partial charge in [-0.1, -0.05) is 40.6 Å². The number of halogens is 2. The van der Waals surface area contributed by atoms with Gasteiger partial charge in [-0.3, -0.25) is 14.5 Å². The van der Waals surface area contributed by atoms with Crippen molar-refractivity contribution in [3.63, 3.8) is 0 Å². The maximum atomic E-state index is 13.0. The van der Waals surface area contributed by atoms with Crippen LogP contribution in [-0.4, -0.2) is 34.1 Å². The van der Waals surface area contributed by atoms with Gasteiger partial charge < -0.3 is 9.84 Å². The highest BCUT2D eigenvalue weighted by Crippen LogP contribution is 2.44. The molecule has 158 valence electrons. The van der Waals surface area contributed by atoms with Crippen molar-refractivity contribution < 1.29 is 19.4 Å². The summed E-state index contributed by atoms with van der Waals surface area (Å²) >= 11 is 13.4. The van der Waals surface area contributed by atoms with E-state index in [0.717, 1.165) is 11.3 Å². The van der Waals surface area contributed by atoms with Crippen LogP contribution in [0.3, 0.4) is 0 Å². The van der Waals surface area contributed by atoms with Gasteiger partial charge in [0.25, 0.3) is 5.78 Å². The molecule has 2 aromatic carbocycles. The molecule has 1 aliphatic heterocycles. The number of carbonyl (C=O) groups excluding carboxylic acids is 2. The predicted octanol–water partition coefficient (Wildman–Crippen LogP) is 4.79. The molecule has 1 fully saturated rings. The van der Waals surface area contributed by atoms with Gasteiger partial charge in [0, 0.05) is 5.56 Å². The lowest BCUT2D eigenvalue weighted by atomic mass is 9.95. The molecule has 7 nitrogen and oxygen atoms in total. The van der Waals surface area contributed by atoms with Gasteiger partial charge in [0.15, 0.2) is 0 Å². The van der Waals surface area contributed by atoms with Gasteiger partial charge in [0.2, 0.25) is 5.13 Å². The van der Waals surface area contributed by atoms with Gasteiger partial charge in [-0.2, -0.15) is 0 Å². The van der Waals surface area contributed by atoms with Crippen LogP contribution in [0.5, 0.6) is 5.75 Å². The molecular formula is C21H15Cl2N3O4S. The quantitative estimate of drug-likeness (QED) is 0.331. The van der Waals surface area contributed by atoms with E-state index in [9.17, 15) is 14.7 Å². The molecule has 1 aliphatic rings. The highest BCUT2D eigenvalue weighted by atomic mass is 35.5. The van der Waals surface area contributed by atoms with Gasteiger partial charge in [-0.25, -0.2) is 0 Å². The van der Waals surface area contributed by atoms with Crippen LogP contribution in [0.4, 0.5) is 5.13 Å². The van der Waals surface area contributed by atoms with Crippen LogP contribution in [-0.2, 0) is 9.59 Å². The molecule has 1 amide bonds. The Hall–Kier alpha value is -2.94. The first-order chi connectivity index (χ1) is 14.8. The van der Waals surface area contributed by atoms with Gasteiger partial charge in [0.05, 0.1) is 28.8 Å². The molecule has 1 aromatic heterocycles. The van der Waals surface area contributed by atoms with Crippen molar-refractivity contribution in [2.45, 2.75) is 13.0 Å². The Kier molecular flexibility index (Phi) is 5.70. The molecule has 31 heavy (non-hydrogen) atoms. The Balaban J connectivity index is 1.93. The summed E-state index contributed by atoms with van der Waals surface area (Å²) in [5.41, 5.74) is 0.773. The molecule has 10 heteroatoms. The molecule has 1 N–H and O–H groups in total. The number of nitrogens with zero attached hydrogens (tertiary/aromatic N) is 3. The monoisotopic (exact) mass is 475 g/mol. The topological polar surface area (TPSA) is 92.6 Å². The van der Waals surface area contributed by atoms with Crippen molar-refractivity contribution in [1.82, 2.24) is 10.2 Å². The van der Waals surface area contributed by atoms with Crippen molar-refractivity contribution in [2.24, 2.45) is 0 Å². The summed E-state index contributed by atoms with van der Waals surface area (Å²) < 4.78 is 5.14. The van der Waals surface area contributed by atoms with Gasteiger partial charge >= 0.3 is 5.91 Å². The van der Waals surface area contributed by atoms with E-state index >= 15 is 0 Å². The molecule has 0 saturated carbocycles. The Labute approximate surface area is 191 Å². The number of ether oxygens (including phenoxy) is 1. The van der Waals surface area contributed by atoms with E-state index in [1.54, 1.807) is 49.4 Å². The predicted molar refractivity (Wildman–Crippen MR) is 119 cm³/mol. The first kappa shape index (κ1) is 21.3. The average Bonchev–Trinajstić information content (AvgIpc) is 3.30. The summed E-state index contributed by atoms with van der Waals surface area (Å²) in [6, 6.07) is 10.3. The Morgan fingerprint density at radius 1 is 1.10 bits per heavy atom. The van der Waals surface area contributed by atoms with Crippen LogP contribution in [0, 0.1) is 6.92 Å². The summed E-state index contributed by atoms with van der Waals surface area (Å²) in [5.74, 6) is -1.39. The lowest BCUT2D eigenvalue weighted by Crippen LogP contribution is -2.29. The number of carbonyl (C=O) groups is 2. The minimum atomic E-state index is -0.954. The largest absolute Gasteiger partial charge is 0.507 e. The van der Waals surface area contributed by atoms with Gasteiger partial charge in [0.1, 0.15) is 16.5 Å². The molecule has 0 radical (unpaired) electrons. The third-order valence-electron chi connectivity index (χ3n) is 4.79. The van der Waals surface area contributed by atoms with E-state index in [2.05, 4.69) is 10.2 Å². The zero-order chi connectivity index (χ0) is 22.3. The van der Waals surface area contributed by atoms with Crippen LogP contribution in [0.2, 0.25) is 10.0 Å². The second kappa shape index (κ2) is 8.30. The zero-order valence-corrected chi connectivity index (χ0v) is 18.6. The first-order valence-electron chi connectivity index (χ1n) is 9.02. The number of anilines is 1. The number of aryl methyl sites for hydroxylation is 1. The molecule has 0 aliphatic carbocycles. The molecule has 1 saturated heterocycles. The number of ketones is 1. The number of aliphatic hydroxyl groups excluding tert-OH is 1.